The van der Waals surface area contributed by atoms with Gasteiger partial charge in [0.1, 0.15) is 5.75 Å². The smallest absolute Gasteiger partial charge is 0.122 e. The van der Waals surface area contributed by atoms with E-state index in [0.29, 0.717) is 12.0 Å². The lowest BCUT2D eigenvalue weighted by Crippen LogP contribution is -2.36. The third-order valence-corrected chi connectivity index (χ3v) is 3.66. The van der Waals surface area contributed by atoms with Gasteiger partial charge in [0.15, 0.2) is 0 Å². The number of ether oxygens (including phenoxy) is 1. The van der Waals surface area contributed by atoms with Crippen molar-refractivity contribution in [3.05, 3.63) is 29.8 Å². The first-order valence-electron chi connectivity index (χ1n) is 7.20. The quantitative estimate of drug-likeness (QED) is 0.840. The number of para-hydroxylation sites is 1. The minimum absolute atomic E-state index is 0.280. The summed E-state index contributed by atoms with van der Waals surface area (Å²) in [6.45, 7) is 12.4. The van der Waals surface area contributed by atoms with Crippen LogP contribution in [0.5, 0.6) is 5.75 Å². The van der Waals surface area contributed by atoms with E-state index in [1.54, 1.807) is 7.11 Å². The first kappa shape index (κ1) is 16.0. The molecule has 108 valence electrons. The van der Waals surface area contributed by atoms with E-state index in [0.717, 1.165) is 18.7 Å². The monoisotopic (exact) mass is 263 g/mol. The summed E-state index contributed by atoms with van der Waals surface area (Å²) >= 11 is 0. The number of nitrogens with one attached hydrogen (secondary N) is 1. The maximum absolute atomic E-state index is 5.46. The summed E-state index contributed by atoms with van der Waals surface area (Å²) in [7, 11) is 1.75. The minimum atomic E-state index is 0.280. The summed E-state index contributed by atoms with van der Waals surface area (Å²) < 4.78 is 5.46. The van der Waals surface area contributed by atoms with Gasteiger partial charge in [-0.3, -0.25) is 0 Å². The molecule has 0 aliphatic carbocycles. The van der Waals surface area contributed by atoms with Crippen molar-refractivity contribution in [3.63, 3.8) is 0 Å². The molecule has 0 aliphatic heterocycles. The molecule has 1 unspecified atom stereocenters. The fraction of sp³-hybridized carbons (Fsp3) is 0.647. The average molecular weight is 263 g/mol. The highest BCUT2D eigenvalue weighted by molar-refractivity contribution is 5.33. The number of methoxy groups -OCH3 is 1. The number of hydrogen-bond acceptors (Lipinski definition) is 2. The minimum Gasteiger partial charge on any atom is -0.496 e. The van der Waals surface area contributed by atoms with Gasteiger partial charge in [-0.2, -0.15) is 0 Å². The van der Waals surface area contributed by atoms with Crippen molar-refractivity contribution in [2.24, 2.45) is 11.3 Å². The Morgan fingerprint density at radius 3 is 2.32 bits per heavy atom. The Balaban J connectivity index is 2.82. The highest BCUT2D eigenvalue weighted by Gasteiger charge is 2.25. The summed E-state index contributed by atoms with van der Waals surface area (Å²) in [5, 5.41) is 3.57. The molecule has 0 saturated heterocycles. The van der Waals surface area contributed by atoms with Gasteiger partial charge in [-0.15, -0.1) is 0 Å². The van der Waals surface area contributed by atoms with Crippen molar-refractivity contribution in [1.82, 2.24) is 5.32 Å². The summed E-state index contributed by atoms with van der Waals surface area (Å²) in [6, 6.07) is 8.87. The van der Waals surface area contributed by atoms with Gasteiger partial charge < -0.3 is 10.1 Å². The standard InChI is InChI=1S/C17H29NO/c1-13(2)18-12-15(17(3,4)5)11-14-9-7-8-10-16(14)19-6/h7-10,13,15,18H,11-12H2,1-6H3. The van der Waals surface area contributed by atoms with Crippen LogP contribution in [0.4, 0.5) is 0 Å². The Morgan fingerprint density at radius 1 is 1.16 bits per heavy atom. The molecule has 0 aromatic heterocycles. The van der Waals surface area contributed by atoms with Crippen molar-refractivity contribution >= 4 is 0 Å². The molecule has 19 heavy (non-hydrogen) atoms. The van der Waals surface area contributed by atoms with E-state index >= 15 is 0 Å². The lowest BCUT2D eigenvalue weighted by atomic mass is 9.77. The molecule has 2 nitrogen and oxygen atoms in total. The highest BCUT2D eigenvalue weighted by Crippen LogP contribution is 2.31. The summed E-state index contributed by atoms with van der Waals surface area (Å²) in [5.74, 6) is 1.59. The molecule has 0 radical (unpaired) electrons. The lowest BCUT2D eigenvalue weighted by Gasteiger charge is -2.32. The van der Waals surface area contributed by atoms with Crippen LogP contribution in [-0.4, -0.2) is 19.7 Å². The van der Waals surface area contributed by atoms with Crippen LogP contribution < -0.4 is 10.1 Å². The molecule has 0 saturated carbocycles. The van der Waals surface area contributed by atoms with Gasteiger partial charge in [0, 0.05) is 6.04 Å². The maximum Gasteiger partial charge on any atom is 0.122 e. The molecule has 2 heteroatoms. The molecule has 0 aliphatic rings. The molecule has 1 N–H and O–H groups in total. The molecule has 0 amide bonds. The Bertz CT molecular complexity index is 379. The zero-order valence-corrected chi connectivity index (χ0v) is 13.3. The van der Waals surface area contributed by atoms with Gasteiger partial charge in [0.25, 0.3) is 0 Å². The van der Waals surface area contributed by atoms with Crippen LogP contribution in [0.2, 0.25) is 0 Å². The fourth-order valence-corrected chi connectivity index (χ4v) is 2.20. The Labute approximate surface area is 118 Å². The molecule has 1 aromatic rings. The van der Waals surface area contributed by atoms with Crippen molar-refractivity contribution in [1.29, 1.82) is 0 Å². The zero-order valence-electron chi connectivity index (χ0n) is 13.3. The van der Waals surface area contributed by atoms with E-state index < -0.39 is 0 Å². The molecule has 0 fully saturated rings. The SMILES string of the molecule is COc1ccccc1CC(CNC(C)C)C(C)(C)C. The van der Waals surface area contributed by atoms with E-state index in [1.165, 1.54) is 5.56 Å². The molecule has 0 spiro atoms. The van der Waals surface area contributed by atoms with E-state index in [2.05, 4.69) is 52.1 Å². The van der Waals surface area contributed by atoms with Gasteiger partial charge in [0.2, 0.25) is 0 Å². The van der Waals surface area contributed by atoms with Crippen LogP contribution in [0.3, 0.4) is 0 Å². The van der Waals surface area contributed by atoms with E-state index in [-0.39, 0.29) is 5.41 Å². The predicted octanol–water partition coefficient (Wildman–Crippen LogP) is 3.90. The molecule has 1 rings (SSSR count). The van der Waals surface area contributed by atoms with Crippen LogP contribution in [0, 0.1) is 11.3 Å². The summed E-state index contributed by atoms with van der Waals surface area (Å²) in [5.41, 5.74) is 1.58. The fourth-order valence-electron chi connectivity index (χ4n) is 2.20. The number of benzene rings is 1. The van der Waals surface area contributed by atoms with Crippen LogP contribution in [-0.2, 0) is 6.42 Å². The lowest BCUT2D eigenvalue weighted by molar-refractivity contribution is 0.225. The first-order valence-corrected chi connectivity index (χ1v) is 7.20. The molecule has 1 atom stereocenters. The largest absolute Gasteiger partial charge is 0.496 e. The van der Waals surface area contributed by atoms with E-state index in [9.17, 15) is 0 Å². The Morgan fingerprint density at radius 2 is 1.79 bits per heavy atom. The third-order valence-electron chi connectivity index (χ3n) is 3.66. The maximum atomic E-state index is 5.46. The van der Waals surface area contributed by atoms with Gasteiger partial charge in [-0.25, -0.2) is 0 Å². The zero-order chi connectivity index (χ0) is 14.5. The highest BCUT2D eigenvalue weighted by atomic mass is 16.5. The van der Waals surface area contributed by atoms with Gasteiger partial charge >= 0.3 is 0 Å². The van der Waals surface area contributed by atoms with Crippen molar-refractivity contribution in [3.8, 4) is 5.75 Å². The average Bonchev–Trinajstić information content (AvgIpc) is 2.33. The molecule has 1 aromatic carbocycles. The molecular formula is C17H29NO. The number of rotatable bonds is 6. The number of hydrogen-bond donors (Lipinski definition) is 1. The topological polar surface area (TPSA) is 21.3 Å². The van der Waals surface area contributed by atoms with Gasteiger partial charge in [-0.05, 0) is 35.9 Å². The van der Waals surface area contributed by atoms with Crippen LogP contribution >= 0.6 is 0 Å². The molecule has 0 bridgehead atoms. The van der Waals surface area contributed by atoms with Gasteiger partial charge in [0.05, 0.1) is 7.11 Å². The van der Waals surface area contributed by atoms with Crippen molar-refractivity contribution < 1.29 is 4.74 Å². The van der Waals surface area contributed by atoms with Crippen LogP contribution in [0.25, 0.3) is 0 Å². The molecular weight excluding hydrogens is 234 g/mol. The summed E-state index contributed by atoms with van der Waals surface area (Å²) in [4.78, 5) is 0. The van der Waals surface area contributed by atoms with E-state index in [4.69, 9.17) is 4.74 Å². The Hall–Kier alpha value is -1.02. The third kappa shape index (κ3) is 5.23. The van der Waals surface area contributed by atoms with Crippen LogP contribution in [0.15, 0.2) is 24.3 Å². The molecule has 0 heterocycles. The van der Waals surface area contributed by atoms with Gasteiger partial charge in [-0.1, -0.05) is 52.8 Å². The first-order chi connectivity index (χ1) is 8.84. The summed E-state index contributed by atoms with van der Waals surface area (Å²) in [6.07, 6.45) is 1.05. The van der Waals surface area contributed by atoms with E-state index in [1.807, 2.05) is 12.1 Å². The van der Waals surface area contributed by atoms with Crippen molar-refractivity contribution in [2.75, 3.05) is 13.7 Å². The van der Waals surface area contributed by atoms with Crippen LogP contribution in [0.1, 0.15) is 40.2 Å². The second-order valence-electron chi connectivity index (χ2n) is 6.64. The Kier molecular flexibility index (Phi) is 5.86. The predicted molar refractivity (Wildman–Crippen MR) is 82.8 cm³/mol. The second-order valence-corrected chi connectivity index (χ2v) is 6.64. The normalized spacial score (nSPS) is 13.6. The van der Waals surface area contributed by atoms with Crippen molar-refractivity contribution in [2.45, 2.75) is 47.1 Å². The second kappa shape index (κ2) is 6.95.